The standard InChI is InChI=1S/C17H22N2/c1-4-14-7-6-8-15(11-14)17(18-5-2)16-10-9-13(3)19-12-16/h6-12,17-18H,4-5H2,1-3H3. The molecule has 1 N–H and O–H groups in total. The van der Waals surface area contributed by atoms with E-state index in [-0.39, 0.29) is 6.04 Å². The number of aromatic nitrogens is 1. The fourth-order valence-corrected chi connectivity index (χ4v) is 2.27. The van der Waals surface area contributed by atoms with Crippen molar-refractivity contribution in [2.75, 3.05) is 6.54 Å². The van der Waals surface area contributed by atoms with E-state index in [0.717, 1.165) is 18.7 Å². The van der Waals surface area contributed by atoms with Gasteiger partial charge in [0.05, 0.1) is 6.04 Å². The molecule has 0 spiro atoms. The molecule has 1 heterocycles. The largest absolute Gasteiger partial charge is 0.306 e. The summed E-state index contributed by atoms with van der Waals surface area (Å²) in [4.78, 5) is 4.41. The maximum absolute atomic E-state index is 4.41. The first-order valence-corrected chi connectivity index (χ1v) is 6.99. The van der Waals surface area contributed by atoms with Crippen molar-refractivity contribution in [1.29, 1.82) is 0 Å². The monoisotopic (exact) mass is 254 g/mol. The van der Waals surface area contributed by atoms with Crippen molar-refractivity contribution in [2.45, 2.75) is 33.2 Å². The lowest BCUT2D eigenvalue weighted by Crippen LogP contribution is -2.22. The zero-order valence-corrected chi connectivity index (χ0v) is 12.0. The summed E-state index contributed by atoms with van der Waals surface area (Å²) in [6, 6.07) is 13.3. The Bertz CT molecular complexity index is 517. The molecule has 0 radical (unpaired) electrons. The number of benzene rings is 1. The molecule has 0 fully saturated rings. The quantitative estimate of drug-likeness (QED) is 0.881. The number of nitrogens with one attached hydrogen (secondary N) is 1. The molecular formula is C17H22N2. The summed E-state index contributed by atoms with van der Waals surface area (Å²) in [6.07, 6.45) is 3.04. The minimum absolute atomic E-state index is 0.226. The van der Waals surface area contributed by atoms with Crippen LogP contribution in [0.4, 0.5) is 0 Å². The molecule has 0 bridgehead atoms. The molecule has 2 aromatic rings. The maximum atomic E-state index is 4.41. The SMILES string of the molecule is CCNC(c1ccc(C)nc1)c1cccc(CC)c1. The van der Waals surface area contributed by atoms with Crippen molar-refractivity contribution in [2.24, 2.45) is 0 Å². The highest BCUT2D eigenvalue weighted by atomic mass is 14.9. The predicted molar refractivity (Wildman–Crippen MR) is 80.3 cm³/mol. The second-order valence-electron chi connectivity index (χ2n) is 4.82. The average molecular weight is 254 g/mol. The summed E-state index contributed by atoms with van der Waals surface area (Å²) < 4.78 is 0. The summed E-state index contributed by atoms with van der Waals surface area (Å²) in [6.45, 7) is 7.28. The third-order valence-electron chi connectivity index (χ3n) is 3.37. The molecule has 1 unspecified atom stereocenters. The normalized spacial score (nSPS) is 12.4. The van der Waals surface area contributed by atoms with E-state index >= 15 is 0 Å². The second-order valence-corrected chi connectivity index (χ2v) is 4.82. The zero-order chi connectivity index (χ0) is 13.7. The van der Waals surface area contributed by atoms with Crippen LogP contribution in [0.1, 0.15) is 42.3 Å². The number of rotatable bonds is 5. The summed E-state index contributed by atoms with van der Waals surface area (Å²) >= 11 is 0. The molecule has 0 saturated heterocycles. The smallest absolute Gasteiger partial charge is 0.0591 e. The topological polar surface area (TPSA) is 24.9 Å². The molecule has 2 heteroatoms. The highest BCUT2D eigenvalue weighted by Crippen LogP contribution is 2.22. The van der Waals surface area contributed by atoms with Crippen LogP contribution in [0.5, 0.6) is 0 Å². The van der Waals surface area contributed by atoms with Gasteiger partial charge in [0.25, 0.3) is 0 Å². The minimum atomic E-state index is 0.226. The molecule has 0 aliphatic rings. The van der Waals surface area contributed by atoms with Gasteiger partial charge in [0.15, 0.2) is 0 Å². The van der Waals surface area contributed by atoms with Crippen LogP contribution in [0, 0.1) is 6.92 Å². The Morgan fingerprint density at radius 1 is 1.11 bits per heavy atom. The van der Waals surface area contributed by atoms with Crippen molar-refractivity contribution in [3.8, 4) is 0 Å². The Labute approximate surface area is 115 Å². The van der Waals surface area contributed by atoms with Gasteiger partial charge in [0, 0.05) is 11.9 Å². The van der Waals surface area contributed by atoms with Gasteiger partial charge in [-0.2, -0.15) is 0 Å². The van der Waals surface area contributed by atoms with Crippen LogP contribution >= 0.6 is 0 Å². The molecular weight excluding hydrogens is 232 g/mol. The summed E-state index contributed by atoms with van der Waals surface area (Å²) in [5.74, 6) is 0. The van der Waals surface area contributed by atoms with E-state index in [1.54, 1.807) is 0 Å². The van der Waals surface area contributed by atoms with Gasteiger partial charge in [-0.25, -0.2) is 0 Å². The van der Waals surface area contributed by atoms with Crippen LogP contribution in [0.25, 0.3) is 0 Å². The molecule has 100 valence electrons. The van der Waals surface area contributed by atoms with Gasteiger partial charge in [0.1, 0.15) is 0 Å². The van der Waals surface area contributed by atoms with Crippen LogP contribution in [-0.4, -0.2) is 11.5 Å². The Balaban J connectivity index is 2.35. The van der Waals surface area contributed by atoms with E-state index in [2.05, 4.69) is 60.5 Å². The summed E-state index contributed by atoms with van der Waals surface area (Å²) in [7, 11) is 0. The van der Waals surface area contributed by atoms with E-state index < -0.39 is 0 Å². The molecule has 2 nitrogen and oxygen atoms in total. The molecule has 1 aromatic carbocycles. The van der Waals surface area contributed by atoms with Gasteiger partial charge in [-0.1, -0.05) is 44.2 Å². The molecule has 1 atom stereocenters. The van der Waals surface area contributed by atoms with Crippen molar-refractivity contribution in [3.63, 3.8) is 0 Å². The number of aryl methyl sites for hydroxylation is 2. The van der Waals surface area contributed by atoms with Crippen molar-refractivity contribution >= 4 is 0 Å². The second kappa shape index (κ2) is 6.48. The number of nitrogens with zero attached hydrogens (tertiary/aromatic N) is 1. The fraction of sp³-hybridized carbons (Fsp3) is 0.353. The summed E-state index contributed by atoms with van der Waals surface area (Å²) in [5, 5.41) is 3.55. The van der Waals surface area contributed by atoms with Crippen LogP contribution in [0.3, 0.4) is 0 Å². The molecule has 1 aromatic heterocycles. The van der Waals surface area contributed by atoms with E-state index in [1.807, 2.05) is 13.1 Å². The van der Waals surface area contributed by atoms with Gasteiger partial charge >= 0.3 is 0 Å². The lowest BCUT2D eigenvalue weighted by molar-refractivity contribution is 0.627. The first kappa shape index (κ1) is 13.8. The lowest BCUT2D eigenvalue weighted by atomic mass is 9.97. The van der Waals surface area contributed by atoms with Crippen molar-refractivity contribution < 1.29 is 0 Å². The van der Waals surface area contributed by atoms with Gasteiger partial charge in [-0.05, 0) is 42.6 Å². The van der Waals surface area contributed by atoms with Crippen LogP contribution in [0.2, 0.25) is 0 Å². The van der Waals surface area contributed by atoms with E-state index in [0.29, 0.717) is 0 Å². The number of hydrogen-bond acceptors (Lipinski definition) is 2. The average Bonchev–Trinajstić information content (AvgIpc) is 2.46. The Morgan fingerprint density at radius 2 is 1.95 bits per heavy atom. The molecule has 0 saturated carbocycles. The Kier molecular flexibility index (Phi) is 4.69. The Morgan fingerprint density at radius 3 is 2.58 bits per heavy atom. The number of hydrogen-bond donors (Lipinski definition) is 1. The van der Waals surface area contributed by atoms with Gasteiger partial charge in [0.2, 0.25) is 0 Å². The highest BCUT2D eigenvalue weighted by Gasteiger charge is 2.13. The van der Waals surface area contributed by atoms with Gasteiger partial charge < -0.3 is 5.32 Å². The van der Waals surface area contributed by atoms with Crippen LogP contribution < -0.4 is 5.32 Å². The zero-order valence-electron chi connectivity index (χ0n) is 12.0. The molecule has 0 aliphatic carbocycles. The molecule has 19 heavy (non-hydrogen) atoms. The minimum Gasteiger partial charge on any atom is -0.306 e. The molecule has 2 rings (SSSR count). The first-order valence-electron chi connectivity index (χ1n) is 6.99. The first-order chi connectivity index (χ1) is 9.24. The summed E-state index contributed by atoms with van der Waals surface area (Å²) in [5.41, 5.74) is 4.97. The number of pyridine rings is 1. The third-order valence-corrected chi connectivity index (χ3v) is 3.37. The Hall–Kier alpha value is -1.67. The van der Waals surface area contributed by atoms with Gasteiger partial charge in [-0.15, -0.1) is 0 Å². The molecule has 0 amide bonds. The van der Waals surface area contributed by atoms with E-state index in [1.165, 1.54) is 16.7 Å². The fourth-order valence-electron chi connectivity index (χ4n) is 2.27. The van der Waals surface area contributed by atoms with Crippen LogP contribution in [-0.2, 0) is 6.42 Å². The maximum Gasteiger partial charge on any atom is 0.0591 e. The van der Waals surface area contributed by atoms with Crippen molar-refractivity contribution in [3.05, 3.63) is 65.0 Å². The molecule has 0 aliphatic heterocycles. The highest BCUT2D eigenvalue weighted by molar-refractivity contribution is 5.33. The van der Waals surface area contributed by atoms with Gasteiger partial charge in [-0.3, -0.25) is 4.98 Å². The predicted octanol–water partition coefficient (Wildman–Crippen LogP) is 3.65. The van der Waals surface area contributed by atoms with Crippen molar-refractivity contribution in [1.82, 2.24) is 10.3 Å². The van der Waals surface area contributed by atoms with E-state index in [9.17, 15) is 0 Å². The van der Waals surface area contributed by atoms with Crippen LogP contribution in [0.15, 0.2) is 42.6 Å². The third kappa shape index (κ3) is 3.42. The van der Waals surface area contributed by atoms with E-state index in [4.69, 9.17) is 0 Å². The lowest BCUT2D eigenvalue weighted by Gasteiger charge is -2.19.